The van der Waals surface area contributed by atoms with Crippen molar-refractivity contribution < 1.29 is 9.53 Å². The van der Waals surface area contributed by atoms with Crippen LogP contribution in [0.25, 0.3) is 5.65 Å². The predicted octanol–water partition coefficient (Wildman–Crippen LogP) is 1.35. The Balaban J connectivity index is 1.76. The fourth-order valence-corrected chi connectivity index (χ4v) is 2.68. The summed E-state index contributed by atoms with van der Waals surface area (Å²) in [4.78, 5) is 20.5. The third kappa shape index (κ3) is 3.13. The number of rotatable bonds is 4. The molecule has 7 nitrogen and oxygen atoms in total. The summed E-state index contributed by atoms with van der Waals surface area (Å²) in [5, 5.41) is 4.33. The molecule has 0 unspecified atom stereocenters. The van der Waals surface area contributed by atoms with Crippen LogP contribution in [-0.4, -0.2) is 58.7 Å². The number of carbonyl (C=O) groups excluding carboxylic acids is 1. The summed E-state index contributed by atoms with van der Waals surface area (Å²) in [5.74, 6) is 1.59. The fraction of sp³-hybridized carbons (Fsp3) is 0.438. The topological polar surface area (TPSA) is 63.0 Å². The normalized spacial score (nSPS) is 15.6. The van der Waals surface area contributed by atoms with Crippen molar-refractivity contribution in [2.75, 3.05) is 38.2 Å². The van der Waals surface area contributed by atoms with Crippen LogP contribution in [0.3, 0.4) is 0 Å². The monoisotopic (exact) mass is 315 g/mol. The molecule has 2 aromatic rings. The molecular weight excluding hydrogens is 294 g/mol. The van der Waals surface area contributed by atoms with Crippen molar-refractivity contribution >= 4 is 17.4 Å². The Morgan fingerprint density at radius 1 is 1.35 bits per heavy atom. The van der Waals surface area contributed by atoms with Gasteiger partial charge in [0.1, 0.15) is 5.82 Å². The van der Waals surface area contributed by atoms with Gasteiger partial charge in [-0.05, 0) is 12.5 Å². The average molecular weight is 315 g/mol. The van der Waals surface area contributed by atoms with Crippen molar-refractivity contribution in [3.8, 4) is 5.88 Å². The number of fused-ring (bicyclic) bond motifs is 1. The van der Waals surface area contributed by atoms with Crippen molar-refractivity contribution in [2.24, 2.45) is 0 Å². The molecule has 0 aromatic carbocycles. The third-order valence-electron chi connectivity index (χ3n) is 3.94. The van der Waals surface area contributed by atoms with E-state index in [9.17, 15) is 4.79 Å². The number of allylic oxidation sites excluding steroid dienone is 1. The summed E-state index contributed by atoms with van der Waals surface area (Å²) in [6.07, 6.45) is 6.16. The summed E-state index contributed by atoms with van der Waals surface area (Å²) >= 11 is 0. The number of carbonyl (C=O) groups is 1. The second-order valence-electron chi connectivity index (χ2n) is 5.38. The van der Waals surface area contributed by atoms with Crippen LogP contribution < -0.4 is 9.64 Å². The lowest BCUT2D eigenvalue weighted by atomic mass is 10.3. The van der Waals surface area contributed by atoms with E-state index in [4.69, 9.17) is 4.74 Å². The van der Waals surface area contributed by atoms with E-state index in [1.54, 1.807) is 23.9 Å². The van der Waals surface area contributed by atoms with Crippen molar-refractivity contribution in [3.05, 3.63) is 30.5 Å². The van der Waals surface area contributed by atoms with E-state index < -0.39 is 0 Å². The molecule has 3 heterocycles. The van der Waals surface area contributed by atoms with Gasteiger partial charge in [0.25, 0.3) is 0 Å². The molecule has 1 aliphatic heterocycles. The van der Waals surface area contributed by atoms with Gasteiger partial charge in [0.05, 0.1) is 13.3 Å². The van der Waals surface area contributed by atoms with Crippen molar-refractivity contribution in [1.29, 1.82) is 0 Å². The molecule has 23 heavy (non-hydrogen) atoms. The second kappa shape index (κ2) is 6.68. The molecule has 1 saturated heterocycles. The van der Waals surface area contributed by atoms with E-state index >= 15 is 0 Å². The molecule has 3 rings (SSSR count). The van der Waals surface area contributed by atoms with Crippen LogP contribution in [0.1, 0.15) is 13.3 Å². The van der Waals surface area contributed by atoms with Gasteiger partial charge in [-0.1, -0.05) is 13.0 Å². The molecule has 1 aliphatic rings. The zero-order chi connectivity index (χ0) is 16.2. The average Bonchev–Trinajstić information content (AvgIpc) is 3.07. The molecule has 2 aromatic heterocycles. The van der Waals surface area contributed by atoms with Crippen molar-refractivity contribution in [1.82, 2.24) is 19.5 Å². The number of ether oxygens (including phenoxy) is 1. The van der Waals surface area contributed by atoms with Gasteiger partial charge in [0, 0.05) is 38.3 Å². The standard InChI is InChI=1S/C16H21N5O2/c1-3-4-5-16(22)20-10-8-19(9-11-20)15-12-14(23-2)18-13-6-7-17-21(13)15/h4-7,12H,3,8-11H2,1-2H3/b5-4+. The molecule has 0 radical (unpaired) electrons. The molecule has 1 amide bonds. The van der Waals surface area contributed by atoms with Crippen molar-refractivity contribution in [2.45, 2.75) is 13.3 Å². The van der Waals surface area contributed by atoms with E-state index in [1.165, 1.54) is 0 Å². The molecule has 122 valence electrons. The molecule has 0 atom stereocenters. The molecule has 0 bridgehead atoms. The largest absolute Gasteiger partial charge is 0.481 e. The van der Waals surface area contributed by atoms with Gasteiger partial charge < -0.3 is 14.5 Å². The number of aromatic nitrogens is 3. The van der Waals surface area contributed by atoms with Gasteiger partial charge in [-0.3, -0.25) is 4.79 Å². The summed E-state index contributed by atoms with van der Waals surface area (Å²) in [6, 6.07) is 3.73. The maximum atomic E-state index is 12.0. The number of amides is 1. The number of piperazine rings is 1. The van der Waals surface area contributed by atoms with Gasteiger partial charge in [0.2, 0.25) is 11.8 Å². The van der Waals surface area contributed by atoms with E-state index in [0.29, 0.717) is 19.0 Å². The summed E-state index contributed by atoms with van der Waals surface area (Å²) < 4.78 is 7.08. The minimum atomic E-state index is 0.0862. The number of anilines is 1. The van der Waals surface area contributed by atoms with Crippen LogP contribution in [0, 0.1) is 0 Å². The fourth-order valence-electron chi connectivity index (χ4n) is 2.68. The lowest BCUT2D eigenvalue weighted by Crippen LogP contribution is -2.48. The zero-order valence-corrected chi connectivity index (χ0v) is 13.5. The molecule has 1 fully saturated rings. The molecule has 0 saturated carbocycles. The molecule has 0 N–H and O–H groups in total. The van der Waals surface area contributed by atoms with E-state index in [-0.39, 0.29) is 5.91 Å². The third-order valence-corrected chi connectivity index (χ3v) is 3.94. The molecule has 0 spiro atoms. The quantitative estimate of drug-likeness (QED) is 0.797. The van der Waals surface area contributed by atoms with Gasteiger partial charge in [-0.2, -0.15) is 14.6 Å². The number of nitrogens with zero attached hydrogens (tertiary/aromatic N) is 5. The highest BCUT2D eigenvalue weighted by Crippen LogP contribution is 2.22. The Labute approximate surface area is 135 Å². The second-order valence-corrected chi connectivity index (χ2v) is 5.38. The first-order chi connectivity index (χ1) is 11.2. The van der Waals surface area contributed by atoms with E-state index in [0.717, 1.165) is 31.0 Å². The predicted molar refractivity (Wildman–Crippen MR) is 87.8 cm³/mol. The van der Waals surface area contributed by atoms with Crippen LogP contribution >= 0.6 is 0 Å². The number of methoxy groups -OCH3 is 1. The summed E-state index contributed by atoms with van der Waals surface area (Å²) in [5.41, 5.74) is 0.753. The first-order valence-electron chi connectivity index (χ1n) is 7.82. The maximum Gasteiger partial charge on any atom is 0.246 e. The lowest BCUT2D eigenvalue weighted by molar-refractivity contribution is -0.126. The Morgan fingerprint density at radius 2 is 2.13 bits per heavy atom. The van der Waals surface area contributed by atoms with Gasteiger partial charge in [-0.25, -0.2) is 0 Å². The van der Waals surface area contributed by atoms with Gasteiger partial charge in [-0.15, -0.1) is 0 Å². The highest BCUT2D eigenvalue weighted by Gasteiger charge is 2.22. The van der Waals surface area contributed by atoms with E-state index in [1.807, 2.05) is 30.0 Å². The Bertz CT molecular complexity index is 716. The summed E-state index contributed by atoms with van der Waals surface area (Å²) in [6.45, 7) is 4.93. The molecule has 7 heteroatoms. The Kier molecular flexibility index (Phi) is 4.45. The lowest BCUT2D eigenvalue weighted by Gasteiger charge is -2.35. The zero-order valence-electron chi connectivity index (χ0n) is 13.5. The number of hydrogen-bond acceptors (Lipinski definition) is 5. The highest BCUT2D eigenvalue weighted by atomic mass is 16.5. The van der Waals surface area contributed by atoms with Crippen LogP contribution in [0.4, 0.5) is 5.82 Å². The molecular formula is C16H21N5O2. The Hall–Kier alpha value is -2.57. The first kappa shape index (κ1) is 15.3. The van der Waals surface area contributed by atoms with E-state index in [2.05, 4.69) is 15.0 Å². The highest BCUT2D eigenvalue weighted by molar-refractivity contribution is 5.87. The van der Waals surface area contributed by atoms with Gasteiger partial charge in [0.15, 0.2) is 5.65 Å². The smallest absolute Gasteiger partial charge is 0.246 e. The van der Waals surface area contributed by atoms with Crippen molar-refractivity contribution in [3.63, 3.8) is 0 Å². The van der Waals surface area contributed by atoms with Gasteiger partial charge >= 0.3 is 0 Å². The van der Waals surface area contributed by atoms with Crippen LogP contribution in [0.2, 0.25) is 0 Å². The Morgan fingerprint density at radius 3 is 2.83 bits per heavy atom. The minimum Gasteiger partial charge on any atom is -0.481 e. The van der Waals surface area contributed by atoms with Crippen LogP contribution in [-0.2, 0) is 4.79 Å². The van der Waals surface area contributed by atoms with Crippen LogP contribution in [0.15, 0.2) is 30.5 Å². The van der Waals surface area contributed by atoms with Crippen LogP contribution in [0.5, 0.6) is 5.88 Å². The summed E-state index contributed by atoms with van der Waals surface area (Å²) in [7, 11) is 1.61. The first-order valence-corrected chi connectivity index (χ1v) is 7.82. The minimum absolute atomic E-state index is 0.0862. The maximum absolute atomic E-state index is 12.0. The number of hydrogen-bond donors (Lipinski definition) is 0. The molecule has 0 aliphatic carbocycles. The SMILES string of the molecule is CC/C=C/C(=O)N1CCN(c2cc(OC)nc3ccnn23)CC1.